The molecular weight excluding hydrogens is 408 g/mol. The van der Waals surface area contributed by atoms with Crippen molar-refractivity contribution in [3.63, 3.8) is 0 Å². The zero-order chi connectivity index (χ0) is 20.1. The van der Waals surface area contributed by atoms with Gasteiger partial charge in [0.15, 0.2) is 11.5 Å². The number of ether oxygens (including phenoxy) is 2. The number of halogens is 3. The molecule has 0 bridgehead atoms. The number of tetrazole rings is 1. The van der Waals surface area contributed by atoms with E-state index in [1.165, 1.54) is 16.8 Å². The molecule has 1 aromatic heterocycles. The Bertz CT molecular complexity index is 967. The van der Waals surface area contributed by atoms with E-state index in [1.54, 1.807) is 19.2 Å². The fraction of sp³-hybridized carbons (Fsp3) is 0.278. The average Bonchev–Trinajstić information content (AvgIpc) is 3.06. The van der Waals surface area contributed by atoms with Crippen LogP contribution in [0, 0.1) is 5.82 Å². The predicted molar refractivity (Wildman–Crippen MR) is 104 cm³/mol. The minimum Gasteiger partial charge on any atom is -0.490 e. The maximum atomic E-state index is 13.2. The highest BCUT2D eigenvalue weighted by atomic mass is 35.5. The number of rotatable bonds is 8. The third kappa shape index (κ3) is 4.82. The van der Waals surface area contributed by atoms with Gasteiger partial charge in [-0.3, -0.25) is 0 Å². The Hall–Kier alpha value is -2.58. The van der Waals surface area contributed by atoms with Crippen LogP contribution in [0.5, 0.6) is 11.5 Å². The number of aryl methyl sites for hydroxylation is 1. The number of nitrogens with zero attached hydrogens (tertiary/aromatic N) is 4. The van der Waals surface area contributed by atoms with Crippen molar-refractivity contribution in [3.8, 4) is 11.5 Å². The summed E-state index contributed by atoms with van der Waals surface area (Å²) in [6.07, 6.45) is 0. The molecule has 0 aliphatic heterocycles. The summed E-state index contributed by atoms with van der Waals surface area (Å²) in [6.45, 7) is 2.87. The Morgan fingerprint density at radius 2 is 1.96 bits per heavy atom. The molecule has 0 amide bonds. The molecule has 0 saturated heterocycles. The fourth-order valence-corrected chi connectivity index (χ4v) is 2.99. The van der Waals surface area contributed by atoms with Gasteiger partial charge in [-0.2, -0.15) is 0 Å². The van der Waals surface area contributed by atoms with Gasteiger partial charge in [0, 0.05) is 19.2 Å². The summed E-state index contributed by atoms with van der Waals surface area (Å²) in [5.41, 5.74) is 1.51. The molecule has 0 fully saturated rings. The molecule has 28 heavy (non-hydrogen) atoms. The molecule has 3 aromatic rings. The molecule has 0 saturated carbocycles. The summed E-state index contributed by atoms with van der Waals surface area (Å²) >= 11 is 12.5. The molecule has 1 heterocycles. The standard InChI is InChI=1S/C18H18Cl2FN5O2/c1-3-27-16-7-11(9-22-18-23-24-25-26(18)2)6-15(20)17(16)28-10-12-4-5-13(21)8-14(12)19/h4-8H,3,9-10H2,1-2H3,(H,22,23,25). The van der Waals surface area contributed by atoms with E-state index in [2.05, 4.69) is 20.8 Å². The van der Waals surface area contributed by atoms with Crippen molar-refractivity contribution in [3.05, 3.63) is 57.3 Å². The Morgan fingerprint density at radius 1 is 1.14 bits per heavy atom. The van der Waals surface area contributed by atoms with Gasteiger partial charge < -0.3 is 14.8 Å². The van der Waals surface area contributed by atoms with Crippen molar-refractivity contribution in [1.82, 2.24) is 20.2 Å². The topological polar surface area (TPSA) is 74.1 Å². The monoisotopic (exact) mass is 425 g/mol. The van der Waals surface area contributed by atoms with E-state index in [1.807, 2.05) is 13.0 Å². The third-order valence-electron chi connectivity index (χ3n) is 3.83. The summed E-state index contributed by atoms with van der Waals surface area (Å²) in [6, 6.07) is 7.72. The van der Waals surface area contributed by atoms with Gasteiger partial charge >= 0.3 is 0 Å². The molecule has 1 N–H and O–H groups in total. The van der Waals surface area contributed by atoms with Gasteiger partial charge in [0.25, 0.3) is 0 Å². The predicted octanol–water partition coefficient (Wildman–Crippen LogP) is 4.25. The maximum Gasteiger partial charge on any atom is 0.242 e. The van der Waals surface area contributed by atoms with Crippen LogP contribution in [-0.4, -0.2) is 26.8 Å². The van der Waals surface area contributed by atoms with Crippen LogP contribution in [0.1, 0.15) is 18.1 Å². The number of aromatic nitrogens is 4. The number of hydrogen-bond acceptors (Lipinski definition) is 6. The van der Waals surface area contributed by atoms with Crippen molar-refractivity contribution in [2.45, 2.75) is 20.1 Å². The van der Waals surface area contributed by atoms with Crippen molar-refractivity contribution >= 4 is 29.2 Å². The zero-order valence-electron chi connectivity index (χ0n) is 15.2. The third-order valence-corrected chi connectivity index (χ3v) is 4.46. The summed E-state index contributed by atoms with van der Waals surface area (Å²) in [7, 11) is 1.73. The molecule has 0 aliphatic rings. The van der Waals surface area contributed by atoms with E-state index >= 15 is 0 Å². The number of hydrogen-bond donors (Lipinski definition) is 1. The van der Waals surface area contributed by atoms with Gasteiger partial charge in [-0.15, -0.1) is 0 Å². The SMILES string of the molecule is CCOc1cc(CNc2nnnn2C)cc(Cl)c1OCc1ccc(F)cc1Cl. The highest BCUT2D eigenvalue weighted by Crippen LogP contribution is 2.37. The molecule has 2 aromatic carbocycles. The zero-order valence-corrected chi connectivity index (χ0v) is 16.8. The minimum atomic E-state index is -0.406. The van der Waals surface area contributed by atoms with Crippen LogP contribution >= 0.6 is 23.2 Å². The second-order valence-corrected chi connectivity index (χ2v) is 6.66. The minimum absolute atomic E-state index is 0.126. The van der Waals surface area contributed by atoms with Gasteiger partial charge in [0.05, 0.1) is 16.7 Å². The molecular formula is C18H18Cl2FN5O2. The van der Waals surface area contributed by atoms with E-state index < -0.39 is 5.82 Å². The van der Waals surface area contributed by atoms with Gasteiger partial charge in [-0.1, -0.05) is 34.4 Å². The first-order valence-corrected chi connectivity index (χ1v) is 9.21. The van der Waals surface area contributed by atoms with E-state index in [0.717, 1.165) is 5.56 Å². The van der Waals surface area contributed by atoms with Crippen molar-refractivity contribution < 1.29 is 13.9 Å². The number of benzene rings is 2. The highest BCUT2D eigenvalue weighted by molar-refractivity contribution is 6.32. The second-order valence-electron chi connectivity index (χ2n) is 5.84. The highest BCUT2D eigenvalue weighted by Gasteiger charge is 2.14. The molecule has 10 heteroatoms. The molecule has 0 spiro atoms. The van der Waals surface area contributed by atoms with Crippen molar-refractivity contribution in [2.24, 2.45) is 7.05 Å². The van der Waals surface area contributed by atoms with Crippen LogP contribution in [0.2, 0.25) is 10.0 Å². The molecule has 0 atom stereocenters. The van der Waals surface area contributed by atoms with Gasteiger partial charge in [-0.05, 0) is 47.2 Å². The van der Waals surface area contributed by atoms with Crippen LogP contribution in [0.3, 0.4) is 0 Å². The quantitative estimate of drug-likeness (QED) is 0.581. The lowest BCUT2D eigenvalue weighted by Gasteiger charge is -2.16. The fourth-order valence-electron chi connectivity index (χ4n) is 2.48. The normalized spacial score (nSPS) is 10.8. The lowest BCUT2D eigenvalue weighted by Crippen LogP contribution is -2.07. The van der Waals surface area contributed by atoms with Crippen molar-refractivity contribution in [1.29, 1.82) is 0 Å². The lowest BCUT2D eigenvalue weighted by molar-refractivity contribution is 0.269. The van der Waals surface area contributed by atoms with E-state index in [-0.39, 0.29) is 11.6 Å². The molecule has 0 aliphatic carbocycles. The van der Waals surface area contributed by atoms with Crippen molar-refractivity contribution in [2.75, 3.05) is 11.9 Å². The van der Waals surface area contributed by atoms with Crippen LogP contribution in [-0.2, 0) is 20.2 Å². The largest absolute Gasteiger partial charge is 0.490 e. The summed E-state index contributed by atoms with van der Waals surface area (Å²) < 4.78 is 26.2. The van der Waals surface area contributed by atoms with Crippen LogP contribution in [0.4, 0.5) is 10.3 Å². The number of nitrogens with one attached hydrogen (secondary N) is 1. The van der Waals surface area contributed by atoms with E-state index in [4.69, 9.17) is 32.7 Å². The smallest absolute Gasteiger partial charge is 0.242 e. The Balaban J connectivity index is 1.77. The Labute approximate surface area is 171 Å². The van der Waals surface area contributed by atoms with E-state index in [9.17, 15) is 4.39 Å². The molecule has 3 rings (SSSR count). The van der Waals surface area contributed by atoms with Crippen LogP contribution in [0.25, 0.3) is 0 Å². The van der Waals surface area contributed by atoms with Gasteiger partial charge in [0.2, 0.25) is 5.95 Å². The summed E-state index contributed by atoms with van der Waals surface area (Å²) in [5.74, 6) is 1.02. The van der Waals surface area contributed by atoms with Gasteiger partial charge in [0.1, 0.15) is 12.4 Å². The van der Waals surface area contributed by atoms with E-state index in [0.29, 0.717) is 41.2 Å². The van der Waals surface area contributed by atoms with Gasteiger partial charge in [-0.25, -0.2) is 9.07 Å². The lowest BCUT2D eigenvalue weighted by atomic mass is 10.2. The summed E-state index contributed by atoms with van der Waals surface area (Å²) in [4.78, 5) is 0. The Kier molecular flexibility index (Phi) is 6.53. The Morgan fingerprint density at radius 3 is 2.64 bits per heavy atom. The first kappa shape index (κ1) is 20.2. The summed E-state index contributed by atoms with van der Waals surface area (Å²) in [5, 5.41) is 15.0. The first-order chi connectivity index (χ1) is 13.5. The maximum absolute atomic E-state index is 13.2. The second kappa shape index (κ2) is 9.07. The number of anilines is 1. The first-order valence-electron chi connectivity index (χ1n) is 8.46. The molecule has 0 radical (unpaired) electrons. The molecule has 0 unspecified atom stereocenters. The molecule has 148 valence electrons. The van der Waals surface area contributed by atoms with Crippen LogP contribution < -0.4 is 14.8 Å². The van der Waals surface area contributed by atoms with Crippen LogP contribution in [0.15, 0.2) is 30.3 Å². The molecule has 7 nitrogen and oxygen atoms in total. The average molecular weight is 426 g/mol.